The SMILES string of the molecule is CCOC(=O)C1CCN(c2cnc(C(=O)Cc3nc(-c4cc(F)c(C)c(F)c4)cs3)cn2)CC1. The smallest absolute Gasteiger partial charge is 0.309 e. The summed E-state index contributed by atoms with van der Waals surface area (Å²) in [6.45, 7) is 4.87. The third kappa shape index (κ3) is 5.27. The van der Waals surface area contributed by atoms with Gasteiger partial charge in [0, 0.05) is 29.6 Å². The number of benzene rings is 1. The molecule has 0 N–H and O–H groups in total. The minimum absolute atomic E-state index is 0.0143. The predicted molar refractivity (Wildman–Crippen MR) is 124 cm³/mol. The second kappa shape index (κ2) is 10.3. The summed E-state index contributed by atoms with van der Waals surface area (Å²) < 4.78 is 32.8. The van der Waals surface area contributed by atoms with Gasteiger partial charge in [0.1, 0.15) is 28.2 Å². The van der Waals surface area contributed by atoms with Crippen molar-refractivity contribution in [1.82, 2.24) is 15.0 Å². The fourth-order valence-corrected chi connectivity index (χ4v) is 4.58. The summed E-state index contributed by atoms with van der Waals surface area (Å²) in [7, 11) is 0. The highest BCUT2D eigenvalue weighted by molar-refractivity contribution is 7.10. The third-order valence-electron chi connectivity index (χ3n) is 5.80. The summed E-state index contributed by atoms with van der Waals surface area (Å²) >= 11 is 1.24. The van der Waals surface area contributed by atoms with E-state index in [1.54, 1.807) is 18.5 Å². The summed E-state index contributed by atoms with van der Waals surface area (Å²) in [5, 5.41) is 2.19. The van der Waals surface area contributed by atoms with E-state index in [4.69, 9.17) is 4.74 Å². The Morgan fingerprint density at radius 1 is 1.15 bits per heavy atom. The molecule has 3 heterocycles. The Hall–Kier alpha value is -3.27. The normalized spacial score (nSPS) is 14.3. The molecule has 0 bridgehead atoms. The molecule has 1 aliphatic heterocycles. The molecule has 0 amide bonds. The van der Waals surface area contributed by atoms with Crippen molar-refractivity contribution in [1.29, 1.82) is 0 Å². The molecule has 0 aliphatic carbocycles. The van der Waals surface area contributed by atoms with Crippen LogP contribution >= 0.6 is 11.3 Å². The zero-order valence-corrected chi connectivity index (χ0v) is 19.7. The van der Waals surface area contributed by atoms with E-state index >= 15 is 0 Å². The van der Waals surface area contributed by atoms with E-state index in [0.717, 1.165) is 0 Å². The molecule has 178 valence electrons. The Morgan fingerprint density at radius 3 is 2.47 bits per heavy atom. The molecule has 0 spiro atoms. The number of carbonyl (C=O) groups excluding carboxylic acids is 2. The summed E-state index contributed by atoms with van der Waals surface area (Å²) in [6, 6.07) is 2.47. The van der Waals surface area contributed by atoms with Crippen LogP contribution < -0.4 is 4.90 Å². The lowest BCUT2D eigenvalue weighted by atomic mass is 9.97. The summed E-state index contributed by atoms with van der Waals surface area (Å²) in [5.74, 6) is -1.12. The highest BCUT2D eigenvalue weighted by atomic mass is 32.1. The predicted octanol–water partition coefficient (Wildman–Crippen LogP) is 4.39. The maximum absolute atomic E-state index is 13.9. The van der Waals surface area contributed by atoms with Crippen LogP contribution in [0.15, 0.2) is 29.9 Å². The molecule has 10 heteroatoms. The van der Waals surface area contributed by atoms with Gasteiger partial charge in [0.15, 0.2) is 5.78 Å². The molecular weight excluding hydrogens is 462 g/mol. The Morgan fingerprint density at radius 2 is 1.85 bits per heavy atom. The van der Waals surface area contributed by atoms with Crippen LogP contribution in [0.3, 0.4) is 0 Å². The van der Waals surface area contributed by atoms with Crippen LogP contribution in [0.1, 0.15) is 40.8 Å². The Kier molecular flexibility index (Phi) is 7.26. The maximum atomic E-state index is 13.9. The second-order valence-electron chi connectivity index (χ2n) is 8.06. The standard InChI is InChI=1S/C24H24F2N4O3S/c1-3-33-24(32)15-4-6-30(7-5-15)22-12-27-19(11-28-22)21(31)10-23-29-20(13-34-23)16-8-17(25)14(2)18(26)9-16/h8-9,11-13,15H,3-7,10H2,1-2H3. The van der Waals surface area contributed by atoms with E-state index in [2.05, 4.69) is 15.0 Å². The molecular formula is C24H24F2N4O3S. The molecule has 1 saturated heterocycles. The number of esters is 1. The van der Waals surface area contributed by atoms with Gasteiger partial charge in [-0.1, -0.05) is 0 Å². The Balaban J connectivity index is 1.36. The number of ether oxygens (including phenoxy) is 1. The summed E-state index contributed by atoms with van der Waals surface area (Å²) in [6.07, 6.45) is 4.38. The van der Waals surface area contributed by atoms with E-state index in [9.17, 15) is 18.4 Å². The van der Waals surface area contributed by atoms with Crippen LogP contribution in [-0.4, -0.2) is 46.4 Å². The molecule has 1 aromatic carbocycles. The highest BCUT2D eigenvalue weighted by Crippen LogP contribution is 2.26. The van der Waals surface area contributed by atoms with Crippen molar-refractivity contribution in [3.63, 3.8) is 0 Å². The first-order valence-corrected chi connectivity index (χ1v) is 11.9. The lowest BCUT2D eigenvalue weighted by Crippen LogP contribution is -2.37. The molecule has 2 aromatic heterocycles. The van der Waals surface area contributed by atoms with Crippen molar-refractivity contribution < 1.29 is 23.1 Å². The van der Waals surface area contributed by atoms with Crippen molar-refractivity contribution in [2.45, 2.75) is 33.1 Å². The number of ketones is 1. The van der Waals surface area contributed by atoms with Gasteiger partial charge in [-0.3, -0.25) is 9.59 Å². The number of thiazole rings is 1. The van der Waals surface area contributed by atoms with Gasteiger partial charge >= 0.3 is 5.97 Å². The van der Waals surface area contributed by atoms with Gasteiger partial charge < -0.3 is 9.64 Å². The largest absolute Gasteiger partial charge is 0.466 e. The Labute approximate surface area is 199 Å². The van der Waals surface area contributed by atoms with E-state index in [-0.39, 0.29) is 35.3 Å². The first-order valence-electron chi connectivity index (χ1n) is 11.0. The molecule has 0 unspecified atom stereocenters. The number of Topliss-reactive ketones (excluding diaryl/α,β-unsaturated/α-hetero) is 1. The van der Waals surface area contributed by atoms with Crippen molar-refractivity contribution >= 4 is 28.9 Å². The fraction of sp³-hybridized carbons (Fsp3) is 0.375. The molecule has 7 nitrogen and oxygen atoms in total. The number of nitrogens with zero attached hydrogens (tertiary/aromatic N) is 4. The van der Waals surface area contributed by atoms with Gasteiger partial charge in [-0.25, -0.2) is 23.7 Å². The Bertz CT molecular complexity index is 1170. The van der Waals surface area contributed by atoms with Crippen LogP contribution in [0.4, 0.5) is 14.6 Å². The van der Waals surface area contributed by atoms with Crippen LogP contribution in [-0.2, 0) is 16.0 Å². The second-order valence-corrected chi connectivity index (χ2v) is 9.01. The van der Waals surface area contributed by atoms with Gasteiger partial charge in [-0.05, 0) is 38.8 Å². The molecule has 1 aliphatic rings. The first-order chi connectivity index (χ1) is 16.4. The third-order valence-corrected chi connectivity index (χ3v) is 6.65. The number of hydrogen-bond donors (Lipinski definition) is 0. The molecule has 3 aromatic rings. The van der Waals surface area contributed by atoms with E-state index in [1.807, 2.05) is 4.90 Å². The van der Waals surface area contributed by atoms with Crippen molar-refractivity contribution in [2.75, 3.05) is 24.6 Å². The zero-order chi connectivity index (χ0) is 24.2. The van der Waals surface area contributed by atoms with Crippen LogP contribution in [0.25, 0.3) is 11.3 Å². The van der Waals surface area contributed by atoms with Crippen molar-refractivity contribution in [3.05, 3.63) is 57.8 Å². The van der Waals surface area contributed by atoms with Gasteiger partial charge in [0.05, 0.1) is 37.0 Å². The van der Waals surface area contributed by atoms with Gasteiger partial charge in [-0.2, -0.15) is 0 Å². The molecule has 0 atom stereocenters. The highest BCUT2D eigenvalue weighted by Gasteiger charge is 2.27. The number of hydrogen-bond acceptors (Lipinski definition) is 8. The minimum Gasteiger partial charge on any atom is -0.466 e. The fourth-order valence-electron chi connectivity index (χ4n) is 3.78. The number of anilines is 1. The number of piperidine rings is 1. The number of rotatable bonds is 7. The average molecular weight is 487 g/mol. The van der Waals surface area contributed by atoms with Gasteiger partial charge in [-0.15, -0.1) is 11.3 Å². The zero-order valence-electron chi connectivity index (χ0n) is 18.9. The number of carbonyl (C=O) groups is 2. The average Bonchev–Trinajstić information content (AvgIpc) is 3.31. The summed E-state index contributed by atoms with van der Waals surface area (Å²) in [4.78, 5) is 39.6. The van der Waals surface area contributed by atoms with Gasteiger partial charge in [0.2, 0.25) is 0 Å². The number of halogens is 2. The molecule has 1 fully saturated rings. The van der Waals surface area contributed by atoms with Crippen LogP contribution in [0, 0.1) is 24.5 Å². The number of aromatic nitrogens is 3. The van der Waals surface area contributed by atoms with Crippen molar-refractivity contribution in [2.24, 2.45) is 5.92 Å². The van der Waals surface area contributed by atoms with Gasteiger partial charge in [0.25, 0.3) is 0 Å². The summed E-state index contributed by atoms with van der Waals surface area (Å²) in [5.41, 5.74) is 0.916. The molecule has 34 heavy (non-hydrogen) atoms. The first kappa shape index (κ1) is 23.9. The molecule has 0 saturated carbocycles. The van der Waals surface area contributed by atoms with E-state index in [1.165, 1.54) is 36.6 Å². The van der Waals surface area contributed by atoms with E-state index in [0.29, 0.717) is 54.6 Å². The minimum atomic E-state index is -0.638. The monoisotopic (exact) mass is 486 g/mol. The quantitative estimate of drug-likeness (QED) is 0.362. The lowest BCUT2D eigenvalue weighted by molar-refractivity contribution is -0.148. The van der Waals surface area contributed by atoms with Crippen molar-refractivity contribution in [3.8, 4) is 11.3 Å². The van der Waals surface area contributed by atoms with E-state index < -0.39 is 11.6 Å². The van der Waals surface area contributed by atoms with Crippen LogP contribution in [0.5, 0.6) is 0 Å². The molecule has 4 rings (SSSR count). The topological polar surface area (TPSA) is 85.3 Å². The lowest BCUT2D eigenvalue weighted by Gasteiger charge is -2.31. The molecule has 0 radical (unpaired) electrons. The van der Waals surface area contributed by atoms with Crippen LogP contribution in [0.2, 0.25) is 0 Å². The maximum Gasteiger partial charge on any atom is 0.309 e.